The van der Waals surface area contributed by atoms with E-state index in [1.165, 1.54) is 57.8 Å². The van der Waals surface area contributed by atoms with Crippen molar-refractivity contribution in [1.29, 1.82) is 0 Å². The summed E-state index contributed by atoms with van der Waals surface area (Å²) in [4.78, 5) is 17.2. The van der Waals surface area contributed by atoms with Crippen molar-refractivity contribution >= 4 is 17.5 Å². The van der Waals surface area contributed by atoms with Crippen molar-refractivity contribution in [3.8, 4) is 0 Å². The van der Waals surface area contributed by atoms with Crippen molar-refractivity contribution in [3.05, 3.63) is 0 Å². The quantitative estimate of drug-likeness (QED) is 0.302. The number of nitrogens with one attached hydrogen (secondary N) is 5. The molecular formula is C28H50ClN7O. The summed E-state index contributed by atoms with van der Waals surface area (Å²) in [6.45, 7) is 5.63. The second-order valence-electron chi connectivity index (χ2n) is 13.2. The number of carbonyl (C=O) groups is 1. The number of nitrogens with zero attached hydrogens (tertiary/aromatic N) is 1. The van der Waals surface area contributed by atoms with Crippen LogP contribution < -0.4 is 32.3 Å². The predicted octanol–water partition coefficient (Wildman–Crippen LogP) is 1.44. The number of piperidine rings is 1. The number of carbonyl (C=O) groups excluding carboxylic acids is 1. The van der Waals surface area contributed by atoms with E-state index in [0.29, 0.717) is 18.0 Å². The molecule has 2 saturated carbocycles. The molecule has 0 aromatic carbocycles. The molecule has 1 amide bonds. The monoisotopic (exact) mass is 535 g/mol. The SMILES string of the molecule is NC1NC2CC(Cl)CNC(CC23CCCC3)C1C(=O)NC1(C2CCCCC2)CNCCC1N1CCNC1. The van der Waals surface area contributed by atoms with E-state index < -0.39 is 0 Å². The van der Waals surface area contributed by atoms with E-state index >= 15 is 0 Å². The highest BCUT2D eigenvalue weighted by Crippen LogP contribution is 2.49. The molecule has 4 heterocycles. The minimum atomic E-state index is -0.365. The highest BCUT2D eigenvalue weighted by molar-refractivity contribution is 6.20. The van der Waals surface area contributed by atoms with Crippen LogP contribution in [0, 0.1) is 17.3 Å². The van der Waals surface area contributed by atoms with Gasteiger partial charge in [0.25, 0.3) is 0 Å². The summed E-state index contributed by atoms with van der Waals surface area (Å²) >= 11 is 6.80. The van der Waals surface area contributed by atoms with Crippen LogP contribution in [0.5, 0.6) is 0 Å². The zero-order chi connectivity index (χ0) is 25.5. The fraction of sp³-hybridized carbons (Fsp3) is 0.964. The number of rotatable bonds is 4. The van der Waals surface area contributed by atoms with Gasteiger partial charge in [0, 0.05) is 56.4 Å². The van der Waals surface area contributed by atoms with Crippen LogP contribution in [0.3, 0.4) is 0 Å². The number of amides is 1. The van der Waals surface area contributed by atoms with Gasteiger partial charge in [0.15, 0.2) is 0 Å². The maximum atomic E-state index is 14.6. The number of alkyl halides is 1. The Labute approximate surface area is 228 Å². The average molecular weight is 536 g/mol. The van der Waals surface area contributed by atoms with Crippen LogP contribution in [0.4, 0.5) is 0 Å². The number of fused-ring (bicyclic) bond motifs is 1. The first-order valence-electron chi connectivity index (χ1n) is 15.4. The Morgan fingerprint density at radius 2 is 1.84 bits per heavy atom. The Bertz CT molecular complexity index is 797. The molecule has 6 rings (SSSR count). The van der Waals surface area contributed by atoms with Gasteiger partial charge in [0.05, 0.1) is 17.6 Å². The molecule has 7 N–H and O–H groups in total. The van der Waals surface area contributed by atoms with E-state index in [0.717, 1.165) is 58.7 Å². The summed E-state index contributed by atoms with van der Waals surface area (Å²) in [7, 11) is 0. The number of hydrogen-bond acceptors (Lipinski definition) is 7. The van der Waals surface area contributed by atoms with Gasteiger partial charge in [0.2, 0.25) is 5.91 Å². The fourth-order valence-electron chi connectivity index (χ4n) is 9.37. The molecule has 9 heteroatoms. The van der Waals surface area contributed by atoms with Gasteiger partial charge in [-0.2, -0.15) is 0 Å². The first kappa shape index (κ1) is 26.7. The molecule has 7 atom stereocenters. The van der Waals surface area contributed by atoms with Gasteiger partial charge in [-0.1, -0.05) is 32.1 Å². The van der Waals surface area contributed by atoms with Crippen molar-refractivity contribution in [3.63, 3.8) is 0 Å². The number of hydrogen-bond donors (Lipinski definition) is 6. The Hall–Kier alpha value is -0.480. The fourth-order valence-corrected chi connectivity index (χ4v) is 9.64. The van der Waals surface area contributed by atoms with Crippen molar-refractivity contribution < 1.29 is 4.79 Å². The molecule has 0 aromatic heterocycles. The van der Waals surface area contributed by atoms with Crippen molar-refractivity contribution in [2.75, 3.05) is 39.4 Å². The van der Waals surface area contributed by atoms with E-state index in [2.05, 4.69) is 31.5 Å². The molecule has 2 aliphatic carbocycles. The van der Waals surface area contributed by atoms with Crippen LogP contribution in [0.15, 0.2) is 0 Å². The number of nitrogens with two attached hydrogens (primary N) is 1. The van der Waals surface area contributed by atoms with Gasteiger partial charge < -0.3 is 27.0 Å². The molecule has 210 valence electrons. The molecular weight excluding hydrogens is 486 g/mol. The van der Waals surface area contributed by atoms with E-state index in [9.17, 15) is 4.79 Å². The van der Waals surface area contributed by atoms with E-state index in [1.807, 2.05) is 0 Å². The van der Waals surface area contributed by atoms with Crippen LogP contribution in [0.25, 0.3) is 0 Å². The normalized spacial score (nSPS) is 43.4. The van der Waals surface area contributed by atoms with Gasteiger partial charge in [-0.15, -0.1) is 11.6 Å². The molecule has 7 unspecified atom stereocenters. The van der Waals surface area contributed by atoms with Crippen LogP contribution in [0.1, 0.15) is 77.0 Å². The Morgan fingerprint density at radius 1 is 1.03 bits per heavy atom. The lowest BCUT2D eigenvalue weighted by atomic mass is 9.67. The topological polar surface area (TPSA) is 106 Å². The zero-order valence-corrected chi connectivity index (χ0v) is 23.3. The molecule has 2 bridgehead atoms. The molecule has 37 heavy (non-hydrogen) atoms. The molecule has 0 aromatic rings. The van der Waals surface area contributed by atoms with Gasteiger partial charge in [-0.05, 0) is 62.8 Å². The second kappa shape index (κ2) is 11.2. The molecule has 6 fully saturated rings. The highest BCUT2D eigenvalue weighted by Gasteiger charge is 2.55. The predicted molar refractivity (Wildman–Crippen MR) is 148 cm³/mol. The van der Waals surface area contributed by atoms with Crippen LogP contribution >= 0.6 is 11.6 Å². The third kappa shape index (κ3) is 5.09. The molecule has 0 radical (unpaired) electrons. The largest absolute Gasteiger partial charge is 0.347 e. The van der Waals surface area contributed by atoms with Gasteiger partial charge in [0.1, 0.15) is 0 Å². The minimum absolute atomic E-state index is 0.0546. The lowest BCUT2D eigenvalue weighted by molar-refractivity contribution is -0.132. The van der Waals surface area contributed by atoms with Crippen molar-refractivity contribution in [1.82, 2.24) is 31.5 Å². The third-order valence-electron chi connectivity index (χ3n) is 11.2. The first-order chi connectivity index (χ1) is 18.0. The zero-order valence-electron chi connectivity index (χ0n) is 22.6. The van der Waals surface area contributed by atoms with Gasteiger partial charge >= 0.3 is 0 Å². The smallest absolute Gasteiger partial charge is 0.228 e. The maximum Gasteiger partial charge on any atom is 0.228 e. The molecule has 8 nitrogen and oxygen atoms in total. The highest BCUT2D eigenvalue weighted by atomic mass is 35.5. The summed E-state index contributed by atoms with van der Waals surface area (Å²) in [5.74, 6) is 0.344. The minimum Gasteiger partial charge on any atom is -0.347 e. The molecule has 6 aliphatic rings. The third-order valence-corrected chi connectivity index (χ3v) is 11.5. The lowest BCUT2D eigenvalue weighted by Crippen LogP contribution is -2.74. The molecule has 1 spiro atoms. The summed E-state index contributed by atoms with van der Waals surface area (Å²) in [5.41, 5.74) is 6.88. The first-order valence-corrected chi connectivity index (χ1v) is 15.8. The summed E-state index contributed by atoms with van der Waals surface area (Å²) in [5, 5.41) is 18.7. The van der Waals surface area contributed by atoms with E-state index in [4.69, 9.17) is 17.3 Å². The van der Waals surface area contributed by atoms with E-state index in [1.54, 1.807) is 0 Å². The Balaban J connectivity index is 1.31. The van der Waals surface area contributed by atoms with Crippen LogP contribution in [-0.2, 0) is 4.79 Å². The average Bonchev–Trinajstić information content (AvgIpc) is 3.59. The maximum absolute atomic E-state index is 14.6. The Kier molecular flexibility index (Phi) is 8.08. The lowest BCUT2D eigenvalue weighted by Gasteiger charge is -2.54. The molecule has 4 aliphatic heterocycles. The van der Waals surface area contributed by atoms with E-state index in [-0.39, 0.29) is 40.4 Å². The van der Waals surface area contributed by atoms with Crippen LogP contribution in [-0.4, -0.2) is 85.4 Å². The van der Waals surface area contributed by atoms with Crippen molar-refractivity contribution in [2.24, 2.45) is 23.0 Å². The second-order valence-corrected chi connectivity index (χ2v) is 13.8. The Morgan fingerprint density at radius 3 is 2.59 bits per heavy atom. The number of halogens is 1. The van der Waals surface area contributed by atoms with Gasteiger partial charge in [-0.3, -0.25) is 15.0 Å². The van der Waals surface area contributed by atoms with Crippen molar-refractivity contribution in [2.45, 2.75) is 112 Å². The molecule has 4 saturated heterocycles. The standard InChI is InChI=1S/C28H50ClN7O/c29-20-14-22-27(9-4-5-10-27)15-21(33-16-20)24(25(30)34-22)26(37)35-28(19-6-2-1-3-7-19)17-31-11-8-23(28)36-13-12-32-18-36/h19-25,31-34H,1-18,30H2,(H,35,37). The van der Waals surface area contributed by atoms with Crippen LogP contribution in [0.2, 0.25) is 0 Å². The summed E-state index contributed by atoms with van der Waals surface area (Å²) in [6.07, 6.45) is 13.9. The van der Waals surface area contributed by atoms with Gasteiger partial charge in [-0.25, -0.2) is 0 Å². The summed E-state index contributed by atoms with van der Waals surface area (Å²) in [6, 6.07) is 0.704. The summed E-state index contributed by atoms with van der Waals surface area (Å²) < 4.78 is 0.